The fourth-order valence-electron chi connectivity index (χ4n) is 1.64. The molecule has 0 unspecified atom stereocenters. The normalized spacial score (nSPS) is 17.2. The lowest BCUT2D eigenvalue weighted by Gasteiger charge is -2.09. The third-order valence-corrected chi connectivity index (χ3v) is 4.73. The molecule has 1 aliphatic heterocycles. The number of carbonyl (C=O) groups excluding carboxylic acids is 2. The van der Waals surface area contributed by atoms with E-state index >= 15 is 0 Å². The zero-order valence-electron chi connectivity index (χ0n) is 10.8. The molecule has 7 heteroatoms. The highest BCUT2D eigenvalue weighted by molar-refractivity contribution is 9.11. The molecule has 1 heterocycles. The van der Waals surface area contributed by atoms with E-state index in [1.807, 2.05) is 19.1 Å². The van der Waals surface area contributed by atoms with E-state index in [-0.39, 0.29) is 11.1 Å². The first-order valence-electron chi connectivity index (χ1n) is 5.77. The largest absolute Gasteiger partial charge is 0.492 e. The second kappa shape index (κ2) is 6.32. The van der Waals surface area contributed by atoms with Crippen molar-refractivity contribution in [3.63, 3.8) is 0 Å². The number of halogens is 2. The van der Waals surface area contributed by atoms with Gasteiger partial charge in [-0.25, -0.2) is 0 Å². The van der Waals surface area contributed by atoms with E-state index in [1.165, 1.54) is 7.05 Å². The van der Waals surface area contributed by atoms with Crippen LogP contribution in [0.5, 0.6) is 5.75 Å². The standard InChI is InChI=1S/C13H11Br2NO3S/c1-3-19-11-8(14)4-7(5-9(11)15)6-10-12(17)16(2)13(18)20-10/h4-6H,3H2,1-2H3/b10-6-. The summed E-state index contributed by atoms with van der Waals surface area (Å²) in [6, 6.07) is 3.69. The average Bonchev–Trinajstić information content (AvgIpc) is 2.62. The molecule has 0 aromatic heterocycles. The molecule has 0 bridgehead atoms. The lowest BCUT2D eigenvalue weighted by molar-refractivity contribution is -0.121. The Bertz CT molecular complexity index is 593. The first kappa shape index (κ1) is 15.6. The van der Waals surface area contributed by atoms with Gasteiger partial charge in [-0.15, -0.1) is 0 Å². The van der Waals surface area contributed by atoms with E-state index in [9.17, 15) is 9.59 Å². The first-order valence-corrected chi connectivity index (χ1v) is 8.17. The van der Waals surface area contributed by atoms with Crippen LogP contribution in [0.4, 0.5) is 4.79 Å². The molecule has 1 saturated heterocycles. The predicted molar refractivity (Wildman–Crippen MR) is 86.7 cm³/mol. The molecule has 0 spiro atoms. The Hall–Kier alpha value is -0.790. The molecule has 0 radical (unpaired) electrons. The summed E-state index contributed by atoms with van der Waals surface area (Å²) in [5.41, 5.74) is 0.811. The zero-order chi connectivity index (χ0) is 14.9. The highest BCUT2D eigenvalue weighted by Gasteiger charge is 2.31. The summed E-state index contributed by atoms with van der Waals surface area (Å²) in [5.74, 6) is 0.439. The first-order chi connectivity index (χ1) is 9.43. The van der Waals surface area contributed by atoms with Crippen LogP contribution in [0.3, 0.4) is 0 Å². The number of hydrogen-bond donors (Lipinski definition) is 0. The van der Waals surface area contributed by atoms with Gasteiger partial charge in [-0.1, -0.05) is 0 Å². The van der Waals surface area contributed by atoms with Crippen molar-refractivity contribution in [1.82, 2.24) is 4.90 Å². The maximum atomic E-state index is 11.8. The van der Waals surface area contributed by atoms with E-state index in [1.54, 1.807) is 6.08 Å². The van der Waals surface area contributed by atoms with Gasteiger partial charge in [-0.2, -0.15) is 0 Å². The topological polar surface area (TPSA) is 46.6 Å². The van der Waals surface area contributed by atoms with Gasteiger partial charge in [0.2, 0.25) is 0 Å². The summed E-state index contributed by atoms with van der Waals surface area (Å²) in [5, 5.41) is -0.259. The second-order valence-corrected chi connectivity index (χ2v) is 6.69. The number of benzene rings is 1. The van der Waals surface area contributed by atoms with Crippen LogP contribution in [0.2, 0.25) is 0 Å². The Morgan fingerprint density at radius 2 is 1.90 bits per heavy atom. The van der Waals surface area contributed by atoms with Gasteiger partial charge in [0.1, 0.15) is 5.75 Å². The molecule has 4 nitrogen and oxygen atoms in total. The summed E-state index contributed by atoms with van der Waals surface area (Å²) >= 11 is 7.81. The summed E-state index contributed by atoms with van der Waals surface area (Å²) in [6.45, 7) is 2.47. The van der Waals surface area contributed by atoms with Gasteiger partial charge >= 0.3 is 0 Å². The Labute approximate surface area is 137 Å². The summed E-state index contributed by atoms with van der Waals surface area (Å²) < 4.78 is 7.07. The smallest absolute Gasteiger partial charge is 0.293 e. The molecule has 1 aliphatic rings. The Kier molecular flexibility index (Phi) is 4.93. The number of amides is 2. The highest BCUT2D eigenvalue weighted by atomic mass is 79.9. The monoisotopic (exact) mass is 419 g/mol. The molecular weight excluding hydrogens is 410 g/mol. The fraction of sp³-hybridized carbons (Fsp3) is 0.231. The molecule has 0 aliphatic carbocycles. The van der Waals surface area contributed by atoms with E-state index in [0.717, 1.165) is 31.2 Å². The fourth-order valence-corrected chi connectivity index (χ4v) is 3.92. The molecule has 1 fully saturated rings. The SMILES string of the molecule is CCOc1c(Br)cc(/C=C2\SC(=O)N(C)C2=O)cc1Br. The molecule has 2 rings (SSSR count). The quantitative estimate of drug-likeness (QED) is 0.684. The number of ether oxygens (including phenoxy) is 1. The molecular formula is C13H11Br2NO3S. The van der Waals surface area contributed by atoms with Crippen LogP contribution in [-0.2, 0) is 4.79 Å². The summed E-state index contributed by atoms with van der Waals surface area (Å²) in [4.78, 5) is 24.8. The van der Waals surface area contributed by atoms with Gasteiger partial charge in [0.25, 0.3) is 11.1 Å². The minimum Gasteiger partial charge on any atom is -0.492 e. The van der Waals surface area contributed by atoms with Gasteiger partial charge in [-0.3, -0.25) is 14.5 Å². The lowest BCUT2D eigenvalue weighted by Crippen LogP contribution is -2.22. The van der Waals surface area contributed by atoms with Gasteiger partial charge in [-0.05, 0) is 74.3 Å². The number of thioether (sulfide) groups is 1. The predicted octanol–water partition coefficient (Wildman–Crippen LogP) is 4.28. The number of carbonyl (C=O) groups is 2. The van der Waals surface area contributed by atoms with Crippen molar-refractivity contribution in [3.05, 3.63) is 31.5 Å². The van der Waals surface area contributed by atoms with Crippen LogP contribution in [0, 0.1) is 0 Å². The van der Waals surface area contributed by atoms with Gasteiger partial charge < -0.3 is 4.74 Å². The van der Waals surface area contributed by atoms with Crippen LogP contribution in [-0.4, -0.2) is 29.7 Å². The zero-order valence-corrected chi connectivity index (χ0v) is 14.8. The number of rotatable bonds is 3. The molecule has 2 amide bonds. The van der Waals surface area contributed by atoms with Gasteiger partial charge in [0, 0.05) is 7.05 Å². The molecule has 1 aromatic carbocycles. The van der Waals surface area contributed by atoms with Crippen molar-refractivity contribution in [2.45, 2.75) is 6.92 Å². The van der Waals surface area contributed by atoms with Crippen LogP contribution in [0.1, 0.15) is 12.5 Å². The van der Waals surface area contributed by atoms with Crippen LogP contribution in [0.15, 0.2) is 26.0 Å². The van der Waals surface area contributed by atoms with Crippen molar-refractivity contribution in [2.75, 3.05) is 13.7 Å². The molecule has 0 saturated carbocycles. The maximum Gasteiger partial charge on any atom is 0.293 e. The number of likely N-dealkylation sites (N-methyl/N-ethyl adjacent to an activating group) is 1. The van der Waals surface area contributed by atoms with E-state index < -0.39 is 0 Å². The van der Waals surface area contributed by atoms with Gasteiger partial charge in [0.05, 0.1) is 20.5 Å². The van der Waals surface area contributed by atoms with E-state index in [2.05, 4.69) is 31.9 Å². The molecule has 0 atom stereocenters. The molecule has 106 valence electrons. The maximum absolute atomic E-state index is 11.8. The summed E-state index contributed by atoms with van der Waals surface area (Å²) in [6.07, 6.45) is 1.69. The van der Waals surface area contributed by atoms with E-state index in [0.29, 0.717) is 17.3 Å². The van der Waals surface area contributed by atoms with Crippen molar-refractivity contribution in [2.24, 2.45) is 0 Å². The number of imide groups is 1. The Morgan fingerprint density at radius 3 is 2.35 bits per heavy atom. The molecule has 20 heavy (non-hydrogen) atoms. The van der Waals surface area contributed by atoms with Gasteiger partial charge in [0.15, 0.2) is 0 Å². The van der Waals surface area contributed by atoms with Crippen molar-refractivity contribution < 1.29 is 14.3 Å². The second-order valence-electron chi connectivity index (χ2n) is 3.99. The minimum atomic E-state index is -0.277. The number of nitrogens with zero attached hydrogens (tertiary/aromatic N) is 1. The van der Waals surface area contributed by atoms with Crippen LogP contribution < -0.4 is 4.74 Å². The van der Waals surface area contributed by atoms with Crippen molar-refractivity contribution in [3.8, 4) is 5.75 Å². The van der Waals surface area contributed by atoms with Crippen LogP contribution in [0.25, 0.3) is 6.08 Å². The Balaban J connectivity index is 2.36. The Morgan fingerprint density at radius 1 is 1.30 bits per heavy atom. The van der Waals surface area contributed by atoms with E-state index in [4.69, 9.17) is 4.74 Å². The van der Waals surface area contributed by atoms with Crippen molar-refractivity contribution in [1.29, 1.82) is 0 Å². The summed E-state index contributed by atoms with van der Waals surface area (Å²) in [7, 11) is 1.47. The number of hydrogen-bond acceptors (Lipinski definition) is 4. The average molecular weight is 421 g/mol. The highest BCUT2D eigenvalue weighted by Crippen LogP contribution is 2.37. The third kappa shape index (κ3) is 3.10. The minimum absolute atomic E-state index is 0.259. The third-order valence-electron chi connectivity index (χ3n) is 2.59. The van der Waals surface area contributed by atoms with Crippen LogP contribution >= 0.6 is 43.6 Å². The van der Waals surface area contributed by atoms with Crippen molar-refractivity contribution >= 4 is 60.8 Å². The lowest BCUT2D eigenvalue weighted by atomic mass is 10.2. The molecule has 1 aromatic rings. The molecule has 0 N–H and O–H groups in total.